The third-order valence-electron chi connectivity index (χ3n) is 5.34. The maximum Gasteiger partial charge on any atom is 0.413 e. The summed E-state index contributed by atoms with van der Waals surface area (Å²) in [7, 11) is 0. The number of hydrogen-bond donors (Lipinski definition) is 1. The van der Waals surface area contributed by atoms with E-state index in [1.54, 1.807) is 13.8 Å². The van der Waals surface area contributed by atoms with E-state index in [1.165, 1.54) is 43.9 Å². The first-order valence-corrected chi connectivity index (χ1v) is 9.65. The highest BCUT2D eigenvalue weighted by Gasteiger charge is 2.42. The molecule has 1 aliphatic heterocycles. The summed E-state index contributed by atoms with van der Waals surface area (Å²) in [5.74, 6) is -0.960. The number of hydrogen-bond acceptors (Lipinski definition) is 5. The van der Waals surface area contributed by atoms with Crippen LogP contribution in [0.2, 0.25) is 0 Å². The van der Waals surface area contributed by atoms with Gasteiger partial charge in [-0.3, -0.25) is 9.69 Å². The van der Waals surface area contributed by atoms with Crippen molar-refractivity contribution in [1.82, 2.24) is 4.90 Å². The Morgan fingerprint density at radius 2 is 1.73 bits per heavy atom. The summed E-state index contributed by atoms with van der Waals surface area (Å²) >= 11 is 0. The van der Waals surface area contributed by atoms with Crippen LogP contribution in [-0.2, 0) is 19.1 Å². The van der Waals surface area contributed by atoms with Gasteiger partial charge < -0.3 is 14.6 Å². The zero-order chi connectivity index (χ0) is 19.3. The van der Waals surface area contributed by atoms with Crippen LogP contribution in [0.4, 0.5) is 4.79 Å². The zero-order valence-corrected chi connectivity index (χ0v) is 16.0. The lowest BCUT2D eigenvalue weighted by Gasteiger charge is -2.26. The first kappa shape index (κ1) is 20.5. The van der Waals surface area contributed by atoms with Crippen LogP contribution in [0.3, 0.4) is 0 Å². The van der Waals surface area contributed by atoms with Crippen LogP contribution in [0.1, 0.15) is 65.7 Å². The lowest BCUT2D eigenvalue weighted by atomic mass is 9.82. The maximum absolute atomic E-state index is 12.5. The fourth-order valence-corrected chi connectivity index (χ4v) is 4.05. The number of aliphatic carboxylic acids is 1. The number of rotatable bonds is 6. The Morgan fingerprint density at radius 3 is 2.27 bits per heavy atom. The van der Waals surface area contributed by atoms with E-state index in [0.29, 0.717) is 18.9 Å². The van der Waals surface area contributed by atoms with Gasteiger partial charge in [0.2, 0.25) is 0 Å². The minimum Gasteiger partial charge on any atom is -0.480 e. The summed E-state index contributed by atoms with van der Waals surface area (Å²) in [5.41, 5.74) is 0. The second-order valence-corrected chi connectivity index (χ2v) is 7.95. The number of amides is 1. The first-order chi connectivity index (χ1) is 12.3. The average Bonchev–Trinajstić information content (AvgIpc) is 2.99. The lowest BCUT2D eigenvalue weighted by Crippen LogP contribution is -2.43. The lowest BCUT2D eigenvalue weighted by molar-refractivity contribution is -0.174. The second kappa shape index (κ2) is 9.24. The van der Waals surface area contributed by atoms with E-state index in [0.717, 1.165) is 6.42 Å². The highest BCUT2D eigenvalue weighted by molar-refractivity contribution is 5.81. The largest absolute Gasteiger partial charge is 0.480 e. The van der Waals surface area contributed by atoms with E-state index in [-0.39, 0.29) is 11.8 Å². The molecular formula is C19H31NO6. The van der Waals surface area contributed by atoms with Gasteiger partial charge in [-0.25, -0.2) is 9.59 Å². The average molecular weight is 369 g/mol. The topological polar surface area (TPSA) is 93.1 Å². The molecule has 7 heteroatoms. The van der Waals surface area contributed by atoms with Gasteiger partial charge in [0.25, 0.3) is 6.29 Å². The van der Waals surface area contributed by atoms with Crippen molar-refractivity contribution >= 4 is 18.0 Å². The molecule has 2 rings (SSSR count). The molecule has 0 bridgehead atoms. The van der Waals surface area contributed by atoms with Crippen molar-refractivity contribution in [2.24, 2.45) is 17.8 Å². The highest BCUT2D eigenvalue weighted by atomic mass is 16.7. The van der Waals surface area contributed by atoms with Crippen molar-refractivity contribution in [1.29, 1.82) is 0 Å². The fourth-order valence-electron chi connectivity index (χ4n) is 4.05. The van der Waals surface area contributed by atoms with E-state index >= 15 is 0 Å². The molecule has 1 saturated carbocycles. The van der Waals surface area contributed by atoms with E-state index in [4.69, 9.17) is 9.47 Å². The van der Waals surface area contributed by atoms with Crippen molar-refractivity contribution < 1.29 is 29.0 Å². The van der Waals surface area contributed by atoms with Crippen molar-refractivity contribution in [3.8, 4) is 0 Å². The predicted molar refractivity (Wildman–Crippen MR) is 94.3 cm³/mol. The summed E-state index contributed by atoms with van der Waals surface area (Å²) in [5, 5.41) is 9.51. The molecule has 0 aromatic heterocycles. The van der Waals surface area contributed by atoms with Gasteiger partial charge in [-0.15, -0.1) is 0 Å². The minimum atomic E-state index is -1.01. The van der Waals surface area contributed by atoms with Crippen LogP contribution in [0.15, 0.2) is 0 Å². The summed E-state index contributed by atoms with van der Waals surface area (Å²) in [6, 6.07) is -0.874. The second-order valence-electron chi connectivity index (χ2n) is 7.95. The van der Waals surface area contributed by atoms with Gasteiger partial charge in [0.15, 0.2) is 0 Å². The van der Waals surface area contributed by atoms with E-state index in [9.17, 15) is 19.5 Å². The van der Waals surface area contributed by atoms with E-state index in [2.05, 4.69) is 0 Å². The molecular weight excluding hydrogens is 338 g/mol. The highest BCUT2D eigenvalue weighted by Crippen LogP contribution is 2.35. The number of esters is 1. The Labute approximate surface area is 155 Å². The Morgan fingerprint density at radius 1 is 1.08 bits per heavy atom. The van der Waals surface area contributed by atoms with Gasteiger partial charge in [0, 0.05) is 19.4 Å². The van der Waals surface area contributed by atoms with Crippen LogP contribution >= 0.6 is 0 Å². The van der Waals surface area contributed by atoms with Crippen LogP contribution in [0, 0.1) is 17.8 Å². The van der Waals surface area contributed by atoms with Gasteiger partial charge in [-0.2, -0.15) is 0 Å². The molecule has 26 heavy (non-hydrogen) atoms. The minimum absolute atomic E-state index is 0.179. The first-order valence-electron chi connectivity index (χ1n) is 9.65. The van der Waals surface area contributed by atoms with E-state index < -0.39 is 30.4 Å². The Hall–Kier alpha value is -1.79. The van der Waals surface area contributed by atoms with Crippen LogP contribution < -0.4 is 0 Å². The molecule has 0 aromatic rings. The third-order valence-corrected chi connectivity index (χ3v) is 5.34. The normalized spacial score (nSPS) is 25.2. The fraction of sp³-hybridized carbons (Fsp3) is 0.842. The molecule has 1 saturated heterocycles. The monoisotopic (exact) mass is 369 g/mol. The van der Waals surface area contributed by atoms with E-state index in [1.807, 2.05) is 0 Å². The van der Waals surface area contributed by atoms with Gasteiger partial charge in [0.05, 0.1) is 0 Å². The van der Waals surface area contributed by atoms with Crippen LogP contribution in [0.25, 0.3) is 0 Å². The predicted octanol–water partition coefficient (Wildman–Crippen LogP) is 3.41. The van der Waals surface area contributed by atoms with Crippen molar-refractivity contribution in [3.05, 3.63) is 0 Å². The Kier molecular flexibility index (Phi) is 7.29. The standard InChI is InChI=1S/C19H31NO6/c1-12(2)18(25-13(3)21)26-19(24)20-11-15(10-16(20)17(22)23)9-14-7-5-4-6-8-14/h12,14-16,18H,4-11H2,1-3H3,(H,22,23)/t15-,16-,18+/m0/s1. The molecule has 2 fully saturated rings. The molecule has 1 N–H and O–H groups in total. The molecule has 0 spiro atoms. The van der Waals surface area contributed by atoms with Gasteiger partial charge >= 0.3 is 18.0 Å². The molecule has 1 amide bonds. The molecule has 1 aliphatic carbocycles. The number of carbonyl (C=O) groups excluding carboxylic acids is 2. The number of carboxylic acid groups (broad SMARTS) is 1. The molecule has 0 unspecified atom stereocenters. The number of likely N-dealkylation sites (tertiary alicyclic amines) is 1. The maximum atomic E-state index is 12.5. The Balaban J connectivity index is 1.98. The smallest absolute Gasteiger partial charge is 0.413 e. The molecule has 148 valence electrons. The van der Waals surface area contributed by atoms with Gasteiger partial charge in [-0.05, 0) is 24.7 Å². The SMILES string of the molecule is CC(=O)O[C@H](OC(=O)N1C[C@@H](CC2CCCCC2)C[C@H]1C(=O)O)C(C)C. The molecule has 0 radical (unpaired) electrons. The van der Waals surface area contributed by atoms with Crippen molar-refractivity contribution in [2.75, 3.05) is 6.54 Å². The van der Waals surface area contributed by atoms with Crippen molar-refractivity contribution in [3.63, 3.8) is 0 Å². The summed E-state index contributed by atoms with van der Waals surface area (Å²) < 4.78 is 10.3. The third kappa shape index (κ3) is 5.61. The van der Waals surface area contributed by atoms with Crippen LogP contribution in [-0.4, -0.2) is 46.9 Å². The molecule has 1 heterocycles. The quantitative estimate of drug-likeness (QED) is 0.570. The number of ether oxygens (including phenoxy) is 2. The molecule has 7 nitrogen and oxygen atoms in total. The number of carboxylic acids is 1. The molecule has 2 aliphatic rings. The van der Waals surface area contributed by atoms with Gasteiger partial charge in [-0.1, -0.05) is 46.0 Å². The summed E-state index contributed by atoms with van der Waals surface area (Å²) in [6.45, 7) is 5.17. The number of carbonyl (C=O) groups is 3. The van der Waals surface area contributed by atoms with Gasteiger partial charge in [0.1, 0.15) is 6.04 Å². The zero-order valence-electron chi connectivity index (χ0n) is 16.0. The number of nitrogens with zero attached hydrogens (tertiary/aromatic N) is 1. The molecule has 0 aromatic carbocycles. The summed E-state index contributed by atoms with van der Waals surface area (Å²) in [4.78, 5) is 36.6. The van der Waals surface area contributed by atoms with Crippen molar-refractivity contribution in [2.45, 2.75) is 78.0 Å². The van der Waals surface area contributed by atoms with Crippen LogP contribution in [0.5, 0.6) is 0 Å². The summed E-state index contributed by atoms with van der Waals surface area (Å²) in [6.07, 6.45) is 5.85. The molecule has 3 atom stereocenters. The Bertz CT molecular complexity index is 514.